The number of nitrogens with zero attached hydrogens (tertiary/aromatic N) is 1. The SMILES string of the molecule is O=C(Nc1ccc(I)cc1C(=O)N1CCCCC1CCO)c1ccc(Cl)cc1Cl. The molecule has 5 nitrogen and oxygen atoms in total. The monoisotopic (exact) mass is 546 g/mol. The van der Waals surface area contributed by atoms with E-state index in [4.69, 9.17) is 23.2 Å². The lowest BCUT2D eigenvalue weighted by molar-refractivity contribution is 0.0575. The van der Waals surface area contributed by atoms with Crippen molar-refractivity contribution in [1.82, 2.24) is 4.90 Å². The number of aliphatic hydroxyl groups is 1. The fourth-order valence-electron chi connectivity index (χ4n) is 3.54. The van der Waals surface area contributed by atoms with Gasteiger partial charge < -0.3 is 15.3 Å². The van der Waals surface area contributed by atoms with E-state index in [2.05, 4.69) is 27.9 Å². The van der Waals surface area contributed by atoms with Crippen LogP contribution in [0.5, 0.6) is 0 Å². The van der Waals surface area contributed by atoms with Crippen LogP contribution in [0.25, 0.3) is 0 Å². The quantitative estimate of drug-likeness (QED) is 0.505. The Kier molecular flexibility index (Phi) is 7.79. The van der Waals surface area contributed by atoms with Crippen LogP contribution in [0, 0.1) is 3.57 Å². The number of anilines is 1. The maximum atomic E-state index is 13.3. The van der Waals surface area contributed by atoms with Crippen molar-refractivity contribution in [3.05, 3.63) is 61.1 Å². The van der Waals surface area contributed by atoms with E-state index in [1.807, 2.05) is 11.0 Å². The molecule has 29 heavy (non-hydrogen) atoms. The van der Waals surface area contributed by atoms with Gasteiger partial charge in [-0.3, -0.25) is 9.59 Å². The number of piperidine rings is 1. The molecule has 154 valence electrons. The van der Waals surface area contributed by atoms with Gasteiger partial charge in [-0.05, 0) is 84.7 Å². The predicted molar refractivity (Wildman–Crippen MR) is 124 cm³/mol. The average Bonchev–Trinajstić information content (AvgIpc) is 2.69. The van der Waals surface area contributed by atoms with Gasteiger partial charge in [0.2, 0.25) is 0 Å². The number of hydrogen-bond donors (Lipinski definition) is 2. The third kappa shape index (κ3) is 5.42. The molecular formula is C21H21Cl2IN2O3. The van der Waals surface area contributed by atoms with E-state index in [0.29, 0.717) is 29.2 Å². The van der Waals surface area contributed by atoms with Gasteiger partial charge in [0, 0.05) is 27.8 Å². The second-order valence-corrected chi connectivity index (χ2v) is 9.02. The maximum Gasteiger partial charge on any atom is 0.257 e. The van der Waals surface area contributed by atoms with Gasteiger partial charge in [-0.25, -0.2) is 0 Å². The zero-order valence-electron chi connectivity index (χ0n) is 15.6. The van der Waals surface area contributed by atoms with Crippen molar-refractivity contribution in [1.29, 1.82) is 0 Å². The molecule has 0 saturated carbocycles. The van der Waals surface area contributed by atoms with Gasteiger partial charge >= 0.3 is 0 Å². The molecular weight excluding hydrogens is 526 g/mol. The summed E-state index contributed by atoms with van der Waals surface area (Å²) in [4.78, 5) is 27.9. The number of halogens is 3. The van der Waals surface area contributed by atoms with E-state index in [1.54, 1.807) is 24.3 Å². The van der Waals surface area contributed by atoms with Crippen molar-refractivity contribution >= 4 is 63.3 Å². The van der Waals surface area contributed by atoms with Crippen LogP contribution in [0.3, 0.4) is 0 Å². The highest BCUT2D eigenvalue weighted by molar-refractivity contribution is 14.1. The molecule has 2 amide bonds. The van der Waals surface area contributed by atoms with E-state index >= 15 is 0 Å². The van der Waals surface area contributed by atoms with Crippen LogP contribution in [0.15, 0.2) is 36.4 Å². The van der Waals surface area contributed by atoms with Crippen LogP contribution in [0.4, 0.5) is 5.69 Å². The molecule has 1 unspecified atom stereocenters. The Morgan fingerprint density at radius 1 is 1.14 bits per heavy atom. The number of carbonyl (C=O) groups is 2. The molecule has 1 aliphatic rings. The van der Waals surface area contributed by atoms with Gasteiger partial charge in [-0.2, -0.15) is 0 Å². The summed E-state index contributed by atoms with van der Waals surface area (Å²) in [7, 11) is 0. The number of likely N-dealkylation sites (tertiary alicyclic amines) is 1. The number of nitrogens with one attached hydrogen (secondary N) is 1. The number of rotatable bonds is 5. The van der Waals surface area contributed by atoms with E-state index in [-0.39, 0.29) is 29.1 Å². The fourth-order valence-corrected chi connectivity index (χ4v) is 4.52. The predicted octanol–water partition coefficient (Wildman–Crippen LogP) is 5.23. The molecule has 0 bridgehead atoms. The number of amides is 2. The Hall–Kier alpha value is -1.35. The van der Waals surface area contributed by atoms with Crippen LogP contribution in [0.1, 0.15) is 46.4 Å². The molecule has 0 spiro atoms. The number of carbonyl (C=O) groups excluding carboxylic acids is 2. The average molecular weight is 547 g/mol. The summed E-state index contributed by atoms with van der Waals surface area (Å²) in [5, 5.41) is 12.9. The summed E-state index contributed by atoms with van der Waals surface area (Å²) >= 11 is 14.2. The molecule has 2 aromatic carbocycles. The largest absolute Gasteiger partial charge is 0.396 e. The number of hydrogen-bond acceptors (Lipinski definition) is 3. The first-order valence-corrected chi connectivity index (χ1v) is 11.2. The van der Waals surface area contributed by atoms with Crippen LogP contribution in [-0.4, -0.2) is 41.0 Å². The first-order chi connectivity index (χ1) is 13.9. The van der Waals surface area contributed by atoms with E-state index < -0.39 is 5.91 Å². The number of aliphatic hydroxyl groups excluding tert-OH is 1. The molecule has 2 aromatic rings. The second-order valence-electron chi connectivity index (χ2n) is 6.93. The summed E-state index contributed by atoms with van der Waals surface area (Å²) < 4.78 is 0.893. The molecule has 1 heterocycles. The van der Waals surface area contributed by atoms with Gasteiger partial charge in [0.1, 0.15) is 0 Å². The molecule has 1 fully saturated rings. The summed E-state index contributed by atoms with van der Waals surface area (Å²) in [6, 6.07) is 9.98. The van der Waals surface area contributed by atoms with Gasteiger partial charge in [0.05, 0.1) is 21.8 Å². The summed E-state index contributed by atoms with van der Waals surface area (Å²) in [6.07, 6.45) is 3.40. The minimum absolute atomic E-state index is 0.00776. The standard InChI is InChI=1S/C21H21Cl2IN2O3/c22-13-4-6-16(18(23)11-13)20(28)25-19-7-5-14(24)12-17(19)21(29)26-9-2-1-3-15(26)8-10-27/h4-7,11-12,15,27H,1-3,8-10H2,(H,25,28). The summed E-state index contributed by atoms with van der Waals surface area (Å²) in [5.41, 5.74) is 1.14. The van der Waals surface area contributed by atoms with Crippen molar-refractivity contribution in [2.75, 3.05) is 18.5 Å². The third-order valence-corrected chi connectivity index (χ3v) is 6.21. The molecule has 1 atom stereocenters. The topological polar surface area (TPSA) is 69.6 Å². The summed E-state index contributed by atoms with van der Waals surface area (Å²) in [5.74, 6) is -0.549. The van der Waals surface area contributed by atoms with Gasteiger partial charge in [0.15, 0.2) is 0 Å². The maximum absolute atomic E-state index is 13.3. The lowest BCUT2D eigenvalue weighted by atomic mass is 9.98. The minimum Gasteiger partial charge on any atom is -0.396 e. The first kappa shape index (κ1) is 22.3. The number of benzene rings is 2. The highest BCUT2D eigenvalue weighted by atomic mass is 127. The van der Waals surface area contributed by atoms with Crippen molar-refractivity contribution in [2.24, 2.45) is 0 Å². The smallest absolute Gasteiger partial charge is 0.257 e. The Balaban J connectivity index is 1.89. The Morgan fingerprint density at radius 2 is 1.93 bits per heavy atom. The van der Waals surface area contributed by atoms with Crippen molar-refractivity contribution in [3.63, 3.8) is 0 Å². The molecule has 1 saturated heterocycles. The third-order valence-electron chi connectivity index (χ3n) is 4.99. The zero-order chi connectivity index (χ0) is 21.0. The van der Waals surface area contributed by atoms with Crippen molar-refractivity contribution in [2.45, 2.75) is 31.7 Å². The fraction of sp³-hybridized carbons (Fsp3) is 0.333. The van der Waals surface area contributed by atoms with Crippen molar-refractivity contribution in [3.8, 4) is 0 Å². The molecule has 1 aliphatic heterocycles. The summed E-state index contributed by atoms with van der Waals surface area (Å²) in [6.45, 7) is 0.685. The second kappa shape index (κ2) is 10.1. The van der Waals surface area contributed by atoms with Gasteiger partial charge in [0.25, 0.3) is 11.8 Å². The molecule has 3 rings (SSSR count). The van der Waals surface area contributed by atoms with Crippen LogP contribution < -0.4 is 5.32 Å². The van der Waals surface area contributed by atoms with E-state index in [9.17, 15) is 14.7 Å². The Morgan fingerprint density at radius 3 is 2.66 bits per heavy atom. The van der Waals surface area contributed by atoms with Gasteiger partial charge in [-0.1, -0.05) is 23.2 Å². The molecule has 0 aromatic heterocycles. The van der Waals surface area contributed by atoms with E-state index in [0.717, 1.165) is 22.8 Å². The van der Waals surface area contributed by atoms with Gasteiger partial charge in [-0.15, -0.1) is 0 Å². The lowest BCUT2D eigenvalue weighted by Gasteiger charge is -2.36. The molecule has 0 radical (unpaired) electrons. The minimum atomic E-state index is -0.410. The van der Waals surface area contributed by atoms with Crippen LogP contribution in [-0.2, 0) is 0 Å². The normalized spacial score (nSPS) is 16.6. The Bertz CT molecular complexity index is 921. The molecule has 2 N–H and O–H groups in total. The Labute approximate surface area is 193 Å². The highest BCUT2D eigenvalue weighted by Crippen LogP contribution is 2.28. The van der Waals surface area contributed by atoms with Crippen LogP contribution in [0.2, 0.25) is 10.0 Å². The van der Waals surface area contributed by atoms with Crippen LogP contribution >= 0.6 is 45.8 Å². The first-order valence-electron chi connectivity index (χ1n) is 9.38. The lowest BCUT2D eigenvalue weighted by Crippen LogP contribution is -2.44. The molecule has 0 aliphatic carbocycles. The van der Waals surface area contributed by atoms with E-state index in [1.165, 1.54) is 6.07 Å². The zero-order valence-corrected chi connectivity index (χ0v) is 19.3. The van der Waals surface area contributed by atoms with Crippen molar-refractivity contribution < 1.29 is 14.7 Å². The molecule has 8 heteroatoms. The highest BCUT2D eigenvalue weighted by Gasteiger charge is 2.29.